The average molecular weight is 468 g/mol. The molecular formula is C26H34ClN5O. The SMILES string of the molecule is Cc1cc(C2CN(C3CCC(c4cc(C)n(C)n4)CC3)C(Cc3ccc(Cl)cc3)CO2)n[nH]1. The van der Waals surface area contributed by atoms with Crippen molar-refractivity contribution in [2.45, 2.75) is 70.1 Å². The summed E-state index contributed by atoms with van der Waals surface area (Å²) in [5, 5.41) is 13.1. The average Bonchev–Trinajstić information content (AvgIpc) is 3.41. The van der Waals surface area contributed by atoms with Crippen molar-refractivity contribution in [3.05, 3.63) is 69.8 Å². The maximum Gasteiger partial charge on any atom is 0.114 e. The van der Waals surface area contributed by atoms with Crippen molar-refractivity contribution in [3.8, 4) is 0 Å². The molecule has 2 aliphatic rings. The molecule has 176 valence electrons. The topological polar surface area (TPSA) is 59.0 Å². The van der Waals surface area contributed by atoms with Crippen LogP contribution in [-0.2, 0) is 18.2 Å². The van der Waals surface area contributed by atoms with Gasteiger partial charge < -0.3 is 4.74 Å². The van der Waals surface area contributed by atoms with E-state index in [1.165, 1.54) is 42.6 Å². The zero-order valence-corrected chi connectivity index (χ0v) is 20.6. The van der Waals surface area contributed by atoms with Gasteiger partial charge in [0.1, 0.15) is 6.10 Å². The van der Waals surface area contributed by atoms with E-state index in [4.69, 9.17) is 21.4 Å². The summed E-state index contributed by atoms with van der Waals surface area (Å²) in [6.07, 6.45) is 5.78. The Hall–Kier alpha value is -2.15. The number of benzene rings is 1. The molecule has 1 saturated heterocycles. The summed E-state index contributed by atoms with van der Waals surface area (Å²) < 4.78 is 8.35. The fourth-order valence-corrected chi connectivity index (χ4v) is 5.63. The van der Waals surface area contributed by atoms with E-state index in [2.05, 4.69) is 46.3 Å². The number of aromatic amines is 1. The van der Waals surface area contributed by atoms with E-state index in [1.54, 1.807) is 0 Å². The minimum Gasteiger partial charge on any atom is -0.369 e. The number of hydrogen-bond acceptors (Lipinski definition) is 4. The number of nitrogens with one attached hydrogen (secondary N) is 1. The first kappa shape index (κ1) is 22.6. The highest BCUT2D eigenvalue weighted by molar-refractivity contribution is 6.30. The summed E-state index contributed by atoms with van der Waals surface area (Å²) in [4.78, 5) is 2.71. The first-order chi connectivity index (χ1) is 16.0. The van der Waals surface area contributed by atoms with E-state index < -0.39 is 0 Å². The largest absolute Gasteiger partial charge is 0.369 e. The second kappa shape index (κ2) is 9.61. The molecule has 1 aliphatic carbocycles. The molecule has 2 fully saturated rings. The first-order valence-electron chi connectivity index (χ1n) is 12.1. The monoisotopic (exact) mass is 467 g/mol. The quantitative estimate of drug-likeness (QED) is 0.565. The number of rotatable bonds is 5. The number of nitrogens with zero attached hydrogens (tertiary/aromatic N) is 4. The third kappa shape index (κ3) is 5.03. The van der Waals surface area contributed by atoms with Crippen LogP contribution in [0.15, 0.2) is 36.4 Å². The van der Waals surface area contributed by atoms with Crippen molar-refractivity contribution < 1.29 is 4.74 Å². The number of aromatic nitrogens is 4. The predicted octanol–water partition coefficient (Wildman–Crippen LogP) is 5.12. The molecule has 1 N–H and O–H groups in total. The number of morpholine rings is 1. The van der Waals surface area contributed by atoms with E-state index in [-0.39, 0.29) is 6.10 Å². The number of H-pyrrole nitrogens is 1. The second-order valence-corrected chi connectivity index (χ2v) is 10.3. The highest BCUT2D eigenvalue weighted by Crippen LogP contribution is 2.37. The molecule has 1 saturated carbocycles. The molecule has 3 aromatic rings. The van der Waals surface area contributed by atoms with Gasteiger partial charge in [-0.3, -0.25) is 14.7 Å². The van der Waals surface area contributed by atoms with E-state index in [1.807, 2.05) is 30.8 Å². The lowest BCUT2D eigenvalue weighted by Gasteiger charge is -2.46. The molecule has 3 heterocycles. The van der Waals surface area contributed by atoms with Crippen LogP contribution in [0, 0.1) is 13.8 Å². The molecule has 2 unspecified atom stereocenters. The summed E-state index contributed by atoms with van der Waals surface area (Å²) in [6, 6.07) is 13.6. The summed E-state index contributed by atoms with van der Waals surface area (Å²) in [5.74, 6) is 0.571. The van der Waals surface area contributed by atoms with Crippen molar-refractivity contribution in [1.82, 2.24) is 24.9 Å². The number of hydrogen-bond donors (Lipinski definition) is 1. The van der Waals surface area contributed by atoms with E-state index in [0.29, 0.717) is 18.0 Å². The van der Waals surface area contributed by atoms with Gasteiger partial charge in [-0.2, -0.15) is 10.2 Å². The number of aryl methyl sites for hydroxylation is 3. The highest BCUT2D eigenvalue weighted by Gasteiger charge is 2.37. The van der Waals surface area contributed by atoms with Crippen LogP contribution in [0.3, 0.4) is 0 Å². The van der Waals surface area contributed by atoms with Gasteiger partial charge in [0.25, 0.3) is 0 Å². The van der Waals surface area contributed by atoms with Gasteiger partial charge in [0.05, 0.1) is 18.0 Å². The van der Waals surface area contributed by atoms with Crippen molar-refractivity contribution >= 4 is 11.6 Å². The van der Waals surface area contributed by atoms with Gasteiger partial charge in [-0.15, -0.1) is 0 Å². The van der Waals surface area contributed by atoms with Crippen LogP contribution in [0.5, 0.6) is 0 Å². The van der Waals surface area contributed by atoms with Crippen LogP contribution in [0.4, 0.5) is 0 Å². The van der Waals surface area contributed by atoms with Crippen LogP contribution in [0.25, 0.3) is 0 Å². The fraction of sp³-hybridized carbons (Fsp3) is 0.538. The molecule has 1 aliphatic heterocycles. The van der Waals surface area contributed by atoms with Gasteiger partial charge in [0, 0.05) is 48.0 Å². The molecular weight excluding hydrogens is 434 g/mol. The Labute approximate surface area is 201 Å². The smallest absolute Gasteiger partial charge is 0.114 e. The molecule has 2 atom stereocenters. The van der Waals surface area contributed by atoms with E-state index in [9.17, 15) is 0 Å². The Morgan fingerprint density at radius 3 is 2.45 bits per heavy atom. The molecule has 2 aromatic heterocycles. The fourth-order valence-electron chi connectivity index (χ4n) is 5.51. The van der Waals surface area contributed by atoms with Crippen LogP contribution in [0.1, 0.15) is 66.0 Å². The van der Waals surface area contributed by atoms with Crippen molar-refractivity contribution in [2.24, 2.45) is 7.05 Å². The normalized spacial score (nSPS) is 26.5. The van der Waals surface area contributed by atoms with E-state index >= 15 is 0 Å². The number of halogens is 1. The molecule has 0 spiro atoms. The molecule has 7 heteroatoms. The predicted molar refractivity (Wildman–Crippen MR) is 131 cm³/mol. The van der Waals surface area contributed by atoms with Gasteiger partial charge in [-0.1, -0.05) is 23.7 Å². The minimum absolute atomic E-state index is 0.0209. The molecule has 0 bridgehead atoms. The standard InChI is InChI=1S/C26H34ClN5O/c1-17-12-25(29-28-17)26-15-32(23(16-33-26)14-19-4-8-21(27)9-5-19)22-10-6-20(7-11-22)24-13-18(2)31(3)30-24/h4-5,8-9,12-13,20,22-23,26H,6-7,10-11,14-16H2,1-3H3,(H,28,29). The Kier molecular flexibility index (Phi) is 6.59. The van der Waals surface area contributed by atoms with Gasteiger partial charge in [-0.05, 0) is 75.8 Å². The lowest BCUT2D eigenvalue weighted by molar-refractivity contribution is -0.0877. The second-order valence-electron chi connectivity index (χ2n) is 9.82. The molecule has 33 heavy (non-hydrogen) atoms. The van der Waals surface area contributed by atoms with Crippen LogP contribution < -0.4 is 0 Å². The maximum atomic E-state index is 6.35. The van der Waals surface area contributed by atoms with Crippen molar-refractivity contribution in [2.75, 3.05) is 13.2 Å². The Bertz CT molecular complexity index is 1050. The number of ether oxygens (including phenoxy) is 1. The molecule has 0 radical (unpaired) electrons. The zero-order valence-electron chi connectivity index (χ0n) is 19.8. The summed E-state index contributed by atoms with van der Waals surface area (Å²) >= 11 is 6.12. The Morgan fingerprint density at radius 2 is 1.82 bits per heavy atom. The molecule has 5 rings (SSSR count). The summed E-state index contributed by atoms with van der Waals surface area (Å²) in [6.45, 7) is 5.79. The minimum atomic E-state index is 0.0209. The first-order valence-corrected chi connectivity index (χ1v) is 12.5. The molecule has 6 nitrogen and oxygen atoms in total. The van der Waals surface area contributed by atoms with Gasteiger partial charge in [0.2, 0.25) is 0 Å². The van der Waals surface area contributed by atoms with Crippen molar-refractivity contribution in [3.63, 3.8) is 0 Å². The summed E-state index contributed by atoms with van der Waals surface area (Å²) in [7, 11) is 2.04. The van der Waals surface area contributed by atoms with Crippen LogP contribution in [-0.4, -0.2) is 50.1 Å². The van der Waals surface area contributed by atoms with Crippen LogP contribution >= 0.6 is 11.6 Å². The van der Waals surface area contributed by atoms with Crippen LogP contribution in [0.2, 0.25) is 5.02 Å². The lowest BCUT2D eigenvalue weighted by Crippen LogP contribution is -2.53. The molecule has 0 amide bonds. The molecule has 1 aromatic carbocycles. The lowest BCUT2D eigenvalue weighted by atomic mass is 9.82. The van der Waals surface area contributed by atoms with Gasteiger partial charge in [-0.25, -0.2) is 0 Å². The van der Waals surface area contributed by atoms with Crippen molar-refractivity contribution in [1.29, 1.82) is 0 Å². The Morgan fingerprint density at radius 1 is 1.06 bits per heavy atom. The third-order valence-electron chi connectivity index (χ3n) is 7.49. The summed E-state index contributed by atoms with van der Waals surface area (Å²) in [5.41, 5.74) is 5.90. The highest BCUT2D eigenvalue weighted by atomic mass is 35.5. The third-order valence-corrected chi connectivity index (χ3v) is 7.74. The Balaban J connectivity index is 1.31. The zero-order chi connectivity index (χ0) is 22.9. The van der Waals surface area contributed by atoms with Gasteiger partial charge in [0.15, 0.2) is 0 Å². The van der Waals surface area contributed by atoms with E-state index in [0.717, 1.165) is 36.0 Å². The maximum absolute atomic E-state index is 6.35. The van der Waals surface area contributed by atoms with Gasteiger partial charge >= 0.3 is 0 Å².